The lowest BCUT2D eigenvalue weighted by molar-refractivity contribution is 0.0933. The van der Waals surface area contributed by atoms with E-state index in [1.165, 1.54) is 12.8 Å². The number of carbonyl (C=O) groups excluding carboxylic acids is 2. The van der Waals surface area contributed by atoms with E-state index in [4.69, 9.17) is 0 Å². The summed E-state index contributed by atoms with van der Waals surface area (Å²) in [5.74, 6) is 0.0118. The molecule has 3 N–H and O–H groups in total. The molecule has 8 heteroatoms. The lowest BCUT2D eigenvalue weighted by Crippen LogP contribution is -2.38. The first-order chi connectivity index (χ1) is 12.9. The highest BCUT2D eigenvalue weighted by molar-refractivity contribution is 7.91. The summed E-state index contributed by atoms with van der Waals surface area (Å²) in [5.41, 5.74) is 1.12. The second-order valence-corrected chi connectivity index (χ2v) is 9.67. The zero-order chi connectivity index (χ0) is 19.3. The number of hydrogen-bond donors (Lipinski definition) is 3. The quantitative estimate of drug-likeness (QED) is 0.684. The van der Waals surface area contributed by atoms with Crippen LogP contribution in [0, 0.1) is 0 Å². The molecule has 0 unspecified atom stereocenters. The lowest BCUT2D eigenvalue weighted by Gasteiger charge is -2.16. The Morgan fingerprint density at radius 1 is 0.852 bits per heavy atom. The molecule has 3 rings (SSSR count). The highest BCUT2D eigenvalue weighted by atomic mass is 32.2. The van der Waals surface area contributed by atoms with E-state index in [1.807, 2.05) is 0 Å². The van der Waals surface area contributed by atoms with Crippen molar-refractivity contribution in [1.29, 1.82) is 0 Å². The molecule has 1 aromatic rings. The van der Waals surface area contributed by atoms with Gasteiger partial charge < -0.3 is 16.0 Å². The molecule has 0 aromatic heterocycles. The second kappa shape index (κ2) is 8.73. The second-order valence-electron chi connectivity index (χ2n) is 7.44. The van der Waals surface area contributed by atoms with Gasteiger partial charge in [-0.05, 0) is 43.5 Å². The molecule has 2 aliphatic rings. The van der Waals surface area contributed by atoms with Gasteiger partial charge in [-0.1, -0.05) is 25.7 Å². The van der Waals surface area contributed by atoms with Crippen LogP contribution in [0.2, 0.25) is 0 Å². The minimum atomic E-state index is -3.03. The van der Waals surface area contributed by atoms with Gasteiger partial charge in [-0.2, -0.15) is 0 Å². The van der Waals surface area contributed by atoms with Crippen LogP contribution in [0.3, 0.4) is 0 Å². The molecule has 1 aliphatic heterocycles. The van der Waals surface area contributed by atoms with Crippen molar-refractivity contribution in [3.63, 3.8) is 0 Å². The van der Waals surface area contributed by atoms with Gasteiger partial charge in [0, 0.05) is 23.3 Å². The van der Waals surface area contributed by atoms with Crippen LogP contribution < -0.4 is 16.0 Å². The molecule has 27 heavy (non-hydrogen) atoms. The molecular formula is C19H27N3O4S. The van der Waals surface area contributed by atoms with Crippen LogP contribution in [0.4, 0.5) is 10.5 Å². The molecular weight excluding hydrogens is 366 g/mol. The fraction of sp³-hybridized carbons (Fsp3) is 0.579. The van der Waals surface area contributed by atoms with E-state index in [9.17, 15) is 18.0 Å². The van der Waals surface area contributed by atoms with Crippen molar-refractivity contribution in [2.75, 3.05) is 16.8 Å². The van der Waals surface area contributed by atoms with Crippen LogP contribution in [0.5, 0.6) is 0 Å². The van der Waals surface area contributed by atoms with E-state index in [-0.39, 0.29) is 29.5 Å². The smallest absolute Gasteiger partial charge is 0.319 e. The Balaban J connectivity index is 1.49. The first-order valence-electron chi connectivity index (χ1n) is 9.60. The molecule has 1 saturated carbocycles. The molecule has 7 nitrogen and oxygen atoms in total. The largest absolute Gasteiger partial charge is 0.349 e. The van der Waals surface area contributed by atoms with Crippen molar-refractivity contribution in [3.05, 3.63) is 29.8 Å². The molecule has 0 radical (unpaired) electrons. The number of amides is 3. The molecule has 1 atom stereocenters. The Kier molecular flexibility index (Phi) is 6.36. The topological polar surface area (TPSA) is 104 Å². The average Bonchev–Trinajstić information content (AvgIpc) is 2.81. The highest BCUT2D eigenvalue weighted by Gasteiger charge is 2.28. The Labute approximate surface area is 160 Å². The zero-order valence-electron chi connectivity index (χ0n) is 15.4. The van der Waals surface area contributed by atoms with Gasteiger partial charge in [0.05, 0.1) is 11.5 Å². The van der Waals surface area contributed by atoms with E-state index >= 15 is 0 Å². The van der Waals surface area contributed by atoms with Gasteiger partial charge in [-0.3, -0.25) is 4.79 Å². The van der Waals surface area contributed by atoms with Crippen molar-refractivity contribution in [2.24, 2.45) is 0 Å². The van der Waals surface area contributed by atoms with Gasteiger partial charge >= 0.3 is 6.03 Å². The molecule has 3 amide bonds. The van der Waals surface area contributed by atoms with Crippen LogP contribution >= 0.6 is 0 Å². The summed E-state index contributed by atoms with van der Waals surface area (Å²) in [4.78, 5) is 24.4. The van der Waals surface area contributed by atoms with Crippen molar-refractivity contribution < 1.29 is 18.0 Å². The fourth-order valence-electron chi connectivity index (χ4n) is 3.66. The fourth-order valence-corrected chi connectivity index (χ4v) is 5.33. The van der Waals surface area contributed by atoms with Crippen LogP contribution in [-0.4, -0.2) is 43.9 Å². The standard InChI is InChI=1S/C19H27N3O4S/c23-18(20-15-5-3-1-2-4-6-15)14-7-9-16(10-8-14)21-19(24)22-17-11-12-27(25,26)13-17/h7-10,15,17H,1-6,11-13H2,(H,20,23)(H2,21,22,24)/t17-/m0/s1. The van der Waals surface area contributed by atoms with Gasteiger partial charge in [0.15, 0.2) is 9.84 Å². The van der Waals surface area contributed by atoms with Gasteiger partial charge in [-0.15, -0.1) is 0 Å². The van der Waals surface area contributed by atoms with Crippen LogP contribution in [0.15, 0.2) is 24.3 Å². The number of anilines is 1. The number of rotatable bonds is 4. The van der Waals surface area contributed by atoms with Gasteiger partial charge in [0.25, 0.3) is 5.91 Å². The number of nitrogens with one attached hydrogen (secondary N) is 3. The van der Waals surface area contributed by atoms with Crippen molar-refractivity contribution >= 4 is 27.5 Å². The molecule has 2 fully saturated rings. The molecule has 0 spiro atoms. The third kappa shape index (κ3) is 5.95. The number of benzene rings is 1. The number of hydrogen-bond acceptors (Lipinski definition) is 4. The predicted molar refractivity (Wildman–Crippen MR) is 105 cm³/mol. The van der Waals surface area contributed by atoms with Crippen molar-refractivity contribution in [1.82, 2.24) is 10.6 Å². The molecule has 148 valence electrons. The number of carbonyl (C=O) groups is 2. The molecule has 1 aliphatic carbocycles. The third-order valence-electron chi connectivity index (χ3n) is 5.16. The minimum absolute atomic E-state index is 0.0132. The summed E-state index contributed by atoms with van der Waals surface area (Å²) in [7, 11) is -3.03. The van der Waals surface area contributed by atoms with E-state index in [0.29, 0.717) is 17.7 Å². The maximum absolute atomic E-state index is 12.4. The maximum atomic E-state index is 12.4. The lowest BCUT2D eigenvalue weighted by atomic mass is 10.1. The summed E-state index contributed by atoms with van der Waals surface area (Å²) in [6.45, 7) is 0. The van der Waals surface area contributed by atoms with E-state index in [1.54, 1.807) is 24.3 Å². The predicted octanol–water partition coefficient (Wildman–Crippen LogP) is 2.45. The molecule has 1 heterocycles. The summed E-state index contributed by atoms with van der Waals surface area (Å²) in [6, 6.07) is 6.17. The molecule has 0 bridgehead atoms. The average molecular weight is 394 g/mol. The summed E-state index contributed by atoms with van der Waals surface area (Å²) in [5, 5.41) is 8.44. The minimum Gasteiger partial charge on any atom is -0.349 e. The van der Waals surface area contributed by atoms with Crippen LogP contribution in [0.1, 0.15) is 55.3 Å². The third-order valence-corrected chi connectivity index (χ3v) is 6.93. The monoisotopic (exact) mass is 393 g/mol. The van der Waals surface area contributed by atoms with Gasteiger partial charge in [0.2, 0.25) is 0 Å². The van der Waals surface area contributed by atoms with Crippen LogP contribution in [-0.2, 0) is 9.84 Å². The summed E-state index contributed by atoms with van der Waals surface area (Å²) in [6.07, 6.45) is 7.29. The normalized spacial score (nSPS) is 22.6. The van der Waals surface area contributed by atoms with E-state index < -0.39 is 15.9 Å². The zero-order valence-corrected chi connectivity index (χ0v) is 16.2. The summed E-state index contributed by atoms with van der Waals surface area (Å²) >= 11 is 0. The Bertz CT molecular complexity index is 769. The Morgan fingerprint density at radius 3 is 2.11 bits per heavy atom. The van der Waals surface area contributed by atoms with Gasteiger partial charge in [-0.25, -0.2) is 13.2 Å². The first kappa shape index (κ1) is 19.7. The molecule has 1 aromatic carbocycles. The Morgan fingerprint density at radius 2 is 1.52 bits per heavy atom. The van der Waals surface area contributed by atoms with Crippen molar-refractivity contribution in [2.45, 2.75) is 57.0 Å². The summed E-state index contributed by atoms with van der Waals surface area (Å²) < 4.78 is 22.9. The first-order valence-corrected chi connectivity index (χ1v) is 11.4. The SMILES string of the molecule is O=C(Nc1ccc(C(=O)NC2CCCCCC2)cc1)N[C@H]1CCS(=O)(=O)C1. The number of sulfone groups is 1. The highest BCUT2D eigenvalue weighted by Crippen LogP contribution is 2.18. The maximum Gasteiger partial charge on any atom is 0.319 e. The number of urea groups is 1. The van der Waals surface area contributed by atoms with Gasteiger partial charge in [0.1, 0.15) is 0 Å². The van der Waals surface area contributed by atoms with E-state index in [0.717, 1.165) is 25.7 Å². The van der Waals surface area contributed by atoms with Crippen LogP contribution in [0.25, 0.3) is 0 Å². The van der Waals surface area contributed by atoms with Crippen molar-refractivity contribution in [3.8, 4) is 0 Å². The Hall–Kier alpha value is -2.09. The molecule has 1 saturated heterocycles. The van der Waals surface area contributed by atoms with E-state index in [2.05, 4.69) is 16.0 Å².